The largest absolute Gasteiger partial charge is 0.396 e. The van der Waals surface area contributed by atoms with E-state index < -0.39 is 28.1 Å². The summed E-state index contributed by atoms with van der Waals surface area (Å²) in [7, 11) is 6.85. The molecule has 0 aromatic heterocycles. The van der Waals surface area contributed by atoms with Gasteiger partial charge in [0.1, 0.15) is 11.2 Å². The highest BCUT2D eigenvalue weighted by Gasteiger charge is 2.91. The van der Waals surface area contributed by atoms with Crippen LogP contribution >= 0.6 is 0 Å². The Morgan fingerprint density at radius 3 is 2.36 bits per heavy atom. The molecule has 7 bridgehead atoms. The van der Waals surface area contributed by atoms with Gasteiger partial charge < -0.3 is 34.3 Å². The number of hydrogen-bond acceptors (Lipinski definition) is 8. The molecule has 0 aromatic rings. The van der Waals surface area contributed by atoms with Gasteiger partial charge in [0, 0.05) is 70.0 Å². The Kier molecular flexibility index (Phi) is 4.99. The fourth-order valence-corrected chi connectivity index (χ4v) is 11.0. The Hall–Kier alpha value is -0.320. The topological polar surface area (TPSA) is 101 Å². The number of fused-ring (bicyclic) bond motifs is 2. The van der Waals surface area contributed by atoms with Crippen LogP contribution in [0.4, 0.5) is 0 Å². The lowest BCUT2D eigenvalue weighted by molar-refractivity contribution is -0.320. The Labute approximate surface area is 196 Å². The van der Waals surface area contributed by atoms with Gasteiger partial charge in [0.2, 0.25) is 0 Å². The summed E-state index contributed by atoms with van der Waals surface area (Å²) in [5.41, 5.74) is -3.78. The summed E-state index contributed by atoms with van der Waals surface area (Å²) in [5.74, 6) is -0.0916. The number of ether oxygens (including phenoxy) is 4. The fraction of sp³-hybridized carbons (Fsp3) is 1.00. The number of rotatable bonds is 6. The van der Waals surface area contributed by atoms with Crippen LogP contribution < -0.4 is 0 Å². The van der Waals surface area contributed by atoms with Crippen molar-refractivity contribution in [3.05, 3.63) is 0 Å². The van der Waals surface area contributed by atoms with E-state index >= 15 is 0 Å². The average Bonchev–Trinajstić information content (AvgIpc) is 3.24. The van der Waals surface area contributed by atoms with Gasteiger partial charge in [-0.15, -0.1) is 0 Å². The normalized spacial score (nSPS) is 60.9. The van der Waals surface area contributed by atoms with Crippen LogP contribution in [0.1, 0.15) is 32.6 Å². The summed E-state index contributed by atoms with van der Waals surface area (Å²) in [6.07, 6.45) is 1.81. The van der Waals surface area contributed by atoms with Crippen LogP contribution in [-0.4, -0.2) is 110 Å². The average molecular weight is 468 g/mol. The zero-order chi connectivity index (χ0) is 23.6. The van der Waals surface area contributed by atoms with E-state index in [1.54, 1.807) is 28.4 Å². The standard InChI is InChI=1S/C25H41NO7/c1-6-26-11-22(12-27)8-7-16(31-3)24-14-9-13-15(30-2)10-23(28,17(14)18(13)32-4)25(29,21(24)26)20(33-5)19(22)24/h13-21,27-29H,6-12H2,1-5H3/t13-,14?,15-,16+,17?,18+,19?,20?,21-,22+,23-,24+,25-/m1/s1. The summed E-state index contributed by atoms with van der Waals surface area (Å²) in [6.45, 7) is 3.59. The Balaban J connectivity index is 1.68. The van der Waals surface area contributed by atoms with Gasteiger partial charge in [-0.2, -0.15) is 0 Å². The van der Waals surface area contributed by atoms with E-state index in [4.69, 9.17) is 18.9 Å². The molecule has 6 aliphatic rings. The third-order valence-electron chi connectivity index (χ3n) is 11.6. The van der Waals surface area contributed by atoms with Crippen molar-refractivity contribution in [1.82, 2.24) is 4.90 Å². The van der Waals surface area contributed by atoms with Crippen LogP contribution in [0, 0.1) is 34.5 Å². The Bertz CT molecular complexity index is 814. The highest BCUT2D eigenvalue weighted by molar-refractivity contribution is 5.41. The SMILES string of the molecule is CCN1C[C@]2(CO)CC[C@H](OC)[C@@]34C5C[C@H]6[C@H](OC)C5[C@](O)(C[C@H]6OC)[C@@](O)(C(OC)C23)[C@H]14. The van der Waals surface area contributed by atoms with Gasteiger partial charge in [0.15, 0.2) is 0 Å². The predicted molar refractivity (Wildman–Crippen MR) is 119 cm³/mol. The van der Waals surface area contributed by atoms with Crippen molar-refractivity contribution in [1.29, 1.82) is 0 Å². The Morgan fingerprint density at radius 1 is 1.03 bits per heavy atom. The van der Waals surface area contributed by atoms with E-state index in [0.717, 1.165) is 25.8 Å². The molecule has 6 fully saturated rings. The molecule has 4 unspecified atom stereocenters. The number of aliphatic hydroxyl groups excluding tert-OH is 1. The molecule has 0 amide bonds. The van der Waals surface area contributed by atoms with Crippen molar-refractivity contribution in [2.45, 2.75) is 74.3 Å². The van der Waals surface area contributed by atoms with Crippen LogP contribution in [0.2, 0.25) is 0 Å². The van der Waals surface area contributed by atoms with Gasteiger partial charge in [0.25, 0.3) is 0 Å². The lowest BCUT2D eigenvalue weighted by Gasteiger charge is -2.70. The number of likely N-dealkylation sites (tertiary alicyclic amines) is 1. The molecule has 0 aromatic carbocycles. The van der Waals surface area contributed by atoms with Crippen molar-refractivity contribution in [3.8, 4) is 0 Å². The van der Waals surface area contributed by atoms with Gasteiger partial charge in [-0.25, -0.2) is 0 Å². The highest BCUT2D eigenvalue weighted by Crippen LogP contribution is 2.80. The van der Waals surface area contributed by atoms with Gasteiger partial charge in [-0.05, 0) is 31.7 Å². The van der Waals surface area contributed by atoms with Crippen molar-refractivity contribution < 1.29 is 34.3 Å². The second-order valence-corrected chi connectivity index (χ2v) is 11.8. The second-order valence-electron chi connectivity index (χ2n) is 11.8. The van der Waals surface area contributed by atoms with Crippen molar-refractivity contribution in [2.75, 3.05) is 48.1 Å². The first-order chi connectivity index (χ1) is 15.8. The van der Waals surface area contributed by atoms with Gasteiger partial charge in [0.05, 0.1) is 37.1 Å². The molecule has 13 atom stereocenters. The van der Waals surface area contributed by atoms with Crippen LogP contribution in [0.5, 0.6) is 0 Å². The molecule has 5 aliphatic carbocycles. The molecule has 0 radical (unpaired) electrons. The third kappa shape index (κ3) is 2.16. The van der Waals surface area contributed by atoms with E-state index in [1.165, 1.54) is 0 Å². The molecule has 3 N–H and O–H groups in total. The Morgan fingerprint density at radius 2 is 1.79 bits per heavy atom. The quantitative estimate of drug-likeness (QED) is 0.512. The predicted octanol–water partition coefficient (Wildman–Crippen LogP) is 0.271. The summed E-state index contributed by atoms with van der Waals surface area (Å²) in [5, 5.41) is 36.6. The van der Waals surface area contributed by atoms with Crippen molar-refractivity contribution in [3.63, 3.8) is 0 Å². The number of piperidine rings is 1. The van der Waals surface area contributed by atoms with Crippen LogP contribution in [0.3, 0.4) is 0 Å². The maximum absolute atomic E-state index is 13.0. The number of aliphatic hydroxyl groups is 3. The first kappa shape index (κ1) is 23.1. The summed E-state index contributed by atoms with van der Waals surface area (Å²) in [4.78, 5) is 2.33. The molecular formula is C25H41NO7. The van der Waals surface area contributed by atoms with E-state index in [0.29, 0.717) is 13.0 Å². The van der Waals surface area contributed by atoms with E-state index in [1.807, 2.05) is 0 Å². The smallest absolute Gasteiger partial charge is 0.136 e. The zero-order valence-electron chi connectivity index (χ0n) is 20.6. The third-order valence-corrected chi connectivity index (χ3v) is 11.6. The lowest BCUT2D eigenvalue weighted by atomic mass is 9.42. The molecule has 1 saturated heterocycles. The summed E-state index contributed by atoms with van der Waals surface area (Å²) >= 11 is 0. The first-order valence-electron chi connectivity index (χ1n) is 12.7. The van der Waals surface area contributed by atoms with Crippen molar-refractivity contribution in [2.24, 2.45) is 34.5 Å². The van der Waals surface area contributed by atoms with Crippen LogP contribution in [0.15, 0.2) is 0 Å². The zero-order valence-corrected chi connectivity index (χ0v) is 20.6. The minimum Gasteiger partial charge on any atom is -0.396 e. The molecule has 5 saturated carbocycles. The monoisotopic (exact) mass is 467 g/mol. The fourth-order valence-electron chi connectivity index (χ4n) is 11.0. The number of hydrogen-bond donors (Lipinski definition) is 3. The minimum absolute atomic E-state index is 0.0443. The van der Waals surface area contributed by atoms with Crippen LogP contribution in [0.25, 0.3) is 0 Å². The molecule has 8 nitrogen and oxygen atoms in total. The maximum Gasteiger partial charge on any atom is 0.136 e. The summed E-state index contributed by atoms with van der Waals surface area (Å²) < 4.78 is 24.5. The van der Waals surface area contributed by atoms with Gasteiger partial charge >= 0.3 is 0 Å². The molecule has 1 spiro atoms. The van der Waals surface area contributed by atoms with E-state index in [9.17, 15) is 15.3 Å². The molecule has 1 aliphatic heterocycles. The van der Waals surface area contributed by atoms with E-state index in [2.05, 4.69) is 11.8 Å². The van der Waals surface area contributed by atoms with E-state index in [-0.39, 0.29) is 54.6 Å². The van der Waals surface area contributed by atoms with Gasteiger partial charge in [-0.1, -0.05) is 6.92 Å². The molecule has 33 heavy (non-hydrogen) atoms. The number of methoxy groups -OCH3 is 4. The molecule has 188 valence electrons. The summed E-state index contributed by atoms with van der Waals surface area (Å²) in [6, 6.07) is -0.312. The minimum atomic E-state index is -1.52. The second kappa shape index (κ2) is 7.13. The first-order valence-corrected chi connectivity index (χ1v) is 12.7. The molecule has 6 rings (SSSR count). The van der Waals surface area contributed by atoms with Crippen molar-refractivity contribution >= 4 is 0 Å². The van der Waals surface area contributed by atoms with Crippen LogP contribution in [-0.2, 0) is 18.9 Å². The maximum atomic E-state index is 13.0. The van der Waals surface area contributed by atoms with Gasteiger partial charge in [-0.3, -0.25) is 4.90 Å². The lowest BCUT2D eigenvalue weighted by Crippen LogP contribution is -2.82. The molecule has 1 heterocycles. The molecular weight excluding hydrogens is 426 g/mol. The number of likely N-dealkylation sites (N-methyl/N-ethyl adjacent to an activating group) is 1. The number of nitrogens with zero attached hydrogens (tertiary/aromatic N) is 1. The highest BCUT2D eigenvalue weighted by atomic mass is 16.5. The molecule has 8 heteroatoms.